The van der Waals surface area contributed by atoms with Crippen LogP contribution in [-0.2, 0) is 11.3 Å². The van der Waals surface area contributed by atoms with Gasteiger partial charge in [-0.25, -0.2) is 4.79 Å². The number of rotatable bonds is 11. The number of carbonyl (C=O) groups is 1. The van der Waals surface area contributed by atoms with E-state index in [-0.39, 0.29) is 19.3 Å². The molecular weight excluding hydrogens is 278 g/mol. The molecule has 0 saturated heterocycles. The average molecular weight is 307 g/mol. The quantitative estimate of drug-likeness (QED) is 0.607. The van der Waals surface area contributed by atoms with E-state index in [2.05, 4.69) is 12.2 Å². The van der Waals surface area contributed by atoms with Gasteiger partial charge in [0.1, 0.15) is 6.61 Å². The molecule has 22 heavy (non-hydrogen) atoms. The molecule has 124 valence electrons. The Balaban J connectivity index is 2.14. The zero-order valence-electron chi connectivity index (χ0n) is 13.6. The number of alkyl carbamates (subject to hydrolysis) is 1. The number of hydrogen-bond acceptors (Lipinski definition) is 3. The molecule has 1 aromatic rings. The number of ether oxygens (including phenoxy) is 1. The van der Waals surface area contributed by atoms with Crippen LogP contribution in [0.15, 0.2) is 30.3 Å². The third kappa shape index (κ3) is 8.67. The SMILES string of the molecule is CCCCCCCC[C@@H](CO)NC(=O)OCc1ccccc1. The number of amides is 1. The molecule has 4 heteroatoms. The Labute approximate surface area is 133 Å². The van der Waals surface area contributed by atoms with Crippen LogP contribution in [0.5, 0.6) is 0 Å². The van der Waals surface area contributed by atoms with Gasteiger partial charge in [-0.3, -0.25) is 0 Å². The van der Waals surface area contributed by atoms with Crippen LogP contribution in [0.25, 0.3) is 0 Å². The maximum Gasteiger partial charge on any atom is 0.407 e. The van der Waals surface area contributed by atoms with Crippen molar-refractivity contribution in [2.75, 3.05) is 6.61 Å². The van der Waals surface area contributed by atoms with Crippen LogP contribution in [0, 0.1) is 0 Å². The number of benzene rings is 1. The Bertz CT molecular complexity index is 395. The lowest BCUT2D eigenvalue weighted by Gasteiger charge is -2.16. The van der Waals surface area contributed by atoms with Gasteiger partial charge >= 0.3 is 6.09 Å². The second kappa shape index (κ2) is 12.0. The number of nitrogens with one attached hydrogen (secondary N) is 1. The van der Waals surface area contributed by atoms with E-state index in [1.54, 1.807) is 0 Å². The molecule has 1 amide bonds. The predicted octanol–water partition coefficient (Wildman–Crippen LogP) is 4.02. The molecule has 0 unspecified atom stereocenters. The van der Waals surface area contributed by atoms with Crippen molar-refractivity contribution < 1.29 is 14.6 Å². The summed E-state index contributed by atoms with van der Waals surface area (Å²) in [6, 6.07) is 9.35. The minimum atomic E-state index is -0.464. The Kier molecular flexibility index (Phi) is 10.1. The van der Waals surface area contributed by atoms with Crippen LogP contribution in [0.3, 0.4) is 0 Å². The van der Waals surface area contributed by atoms with Crippen molar-refractivity contribution in [3.8, 4) is 0 Å². The molecule has 0 spiro atoms. The van der Waals surface area contributed by atoms with Crippen LogP contribution in [0.2, 0.25) is 0 Å². The lowest BCUT2D eigenvalue weighted by molar-refractivity contribution is 0.128. The van der Waals surface area contributed by atoms with E-state index in [1.165, 1.54) is 25.7 Å². The first-order valence-corrected chi connectivity index (χ1v) is 8.34. The van der Waals surface area contributed by atoms with Gasteiger partial charge in [0.15, 0.2) is 0 Å². The maximum absolute atomic E-state index is 11.7. The number of unbranched alkanes of at least 4 members (excludes halogenated alkanes) is 5. The average Bonchev–Trinajstić information content (AvgIpc) is 2.56. The molecule has 0 aromatic heterocycles. The van der Waals surface area contributed by atoms with E-state index in [0.717, 1.165) is 24.8 Å². The second-order valence-corrected chi connectivity index (χ2v) is 5.64. The van der Waals surface area contributed by atoms with Gasteiger partial charge in [0.25, 0.3) is 0 Å². The van der Waals surface area contributed by atoms with Crippen LogP contribution in [-0.4, -0.2) is 23.8 Å². The number of carbonyl (C=O) groups excluding carboxylic acids is 1. The van der Waals surface area contributed by atoms with Crippen molar-refractivity contribution in [3.63, 3.8) is 0 Å². The summed E-state index contributed by atoms with van der Waals surface area (Å²) >= 11 is 0. The molecule has 0 fully saturated rings. The van der Waals surface area contributed by atoms with E-state index in [1.807, 2.05) is 30.3 Å². The Morgan fingerprint density at radius 2 is 1.82 bits per heavy atom. The van der Waals surface area contributed by atoms with Crippen LogP contribution < -0.4 is 5.32 Å². The molecule has 0 aliphatic rings. The number of aliphatic hydroxyl groups excluding tert-OH is 1. The van der Waals surface area contributed by atoms with Crippen molar-refractivity contribution in [2.24, 2.45) is 0 Å². The van der Waals surface area contributed by atoms with Crippen LogP contribution >= 0.6 is 0 Å². The molecule has 0 heterocycles. The second-order valence-electron chi connectivity index (χ2n) is 5.64. The molecular formula is C18H29NO3. The molecule has 1 aromatic carbocycles. The zero-order chi connectivity index (χ0) is 16.0. The van der Waals surface area contributed by atoms with Crippen molar-refractivity contribution in [1.82, 2.24) is 5.32 Å². The summed E-state index contributed by atoms with van der Waals surface area (Å²) in [5.74, 6) is 0. The van der Waals surface area contributed by atoms with Gasteiger partial charge in [-0.05, 0) is 12.0 Å². The van der Waals surface area contributed by atoms with Crippen LogP contribution in [0.4, 0.5) is 4.79 Å². The minimum Gasteiger partial charge on any atom is -0.445 e. The van der Waals surface area contributed by atoms with Gasteiger partial charge in [0, 0.05) is 0 Å². The number of hydrogen-bond donors (Lipinski definition) is 2. The van der Waals surface area contributed by atoms with Crippen molar-refractivity contribution in [2.45, 2.75) is 64.5 Å². The molecule has 1 rings (SSSR count). The third-order valence-corrected chi connectivity index (χ3v) is 3.66. The molecule has 0 radical (unpaired) electrons. The van der Waals surface area contributed by atoms with Gasteiger partial charge < -0.3 is 15.2 Å². The fourth-order valence-electron chi connectivity index (χ4n) is 2.31. The minimum absolute atomic E-state index is 0.0462. The third-order valence-electron chi connectivity index (χ3n) is 3.66. The summed E-state index contributed by atoms with van der Waals surface area (Å²) in [6.45, 7) is 2.41. The highest BCUT2D eigenvalue weighted by Crippen LogP contribution is 2.09. The molecule has 0 bridgehead atoms. The van der Waals surface area contributed by atoms with Crippen molar-refractivity contribution in [1.29, 1.82) is 0 Å². The number of aliphatic hydroxyl groups is 1. The van der Waals surface area contributed by atoms with Gasteiger partial charge in [-0.15, -0.1) is 0 Å². The lowest BCUT2D eigenvalue weighted by atomic mass is 10.1. The van der Waals surface area contributed by atoms with Gasteiger partial charge in [0.2, 0.25) is 0 Å². The summed E-state index contributed by atoms with van der Waals surface area (Å²) < 4.78 is 5.16. The normalized spacial score (nSPS) is 11.9. The van der Waals surface area contributed by atoms with E-state index >= 15 is 0 Å². The highest BCUT2D eigenvalue weighted by Gasteiger charge is 2.11. The summed E-state index contributed by atoms with van der Waals surface area (Å²) in [5.41, 5.74) is 0.953. The van der Waals surface area contributed by atoms with Crippen molar-refractivity contribution >= 4 is 6.09 Å². The molecule has 2 N–H and O–H groups in total. The fourth-order valence-corrected chi connectivity index (χ4v) is 2.31. The summed E-state index contributed by atoms with van der Waals surface area (Å²) in [7, 11) is 0. The predicted molar refractivity (Wildman–Crippen MR) is 88.6 cm³/mol. The summed E-state index contributed by atoms with van der Waals surface area (Å²) in [6.07, 6.45) is 7.53. The summed E-state index contributed by atoms with van der Waals surface area (Å²) in [5, 5.41) is 12.1. The van der Waals surface area contributed by atoms with Crippen molar-refractivity contribution in [3.05, 3.63) is 35.9 Å². The zero-order valence-corrected chi connectivity index (χ0v) is 13.6. The van der Waals surface area contributed by atoms with Gasteiger partial charge in [-0.2, -0.15) is 0 Å². The van der Waals surface area contributed by atoms with E-state index in [0.29, 0.717) is 0 Å². The molecule has 0 aliphatic heterocycles. The first-order chi connectivity index (χ1) is 10.8. The topological polar surface area (TPSA) is 58.6 Å². The van der Waals surface area contributed by atoms with E-state index < -0.39 is 6.09 Å². The van der Waals surface area contributed by atoms with E-state index in [9.17, 15) is 9.90 Å². The molecule has 1 atom stereocenters. The van der Waals surface area contributed by atoms with Gasteiger partial charge in [0.05, 0.1) is 12.6 Å². The van der Waals surface area contributed by atoms with E-state index in [4.69, 9.17) is 4.74 Å². The monoisotopic (exact) mass is 307 g/mol. The Morgan fingerprint density at radius 3 is 2.50 bits per heavy atom. The highest BCUT2D eigenvalue weighted by molar-refractivity contribution is 5.67. The Hall–Kier alpha value is -1.55. The fraction of sp³-hybridized carbons (Fsp3) is 0.611. The lowest BCUT2D eigenvalue weighted by Crippen LogP contribution is -2.37. The maximum atomic E-state index is 11.7. The van der Waals surface area contributed by atoms with Gasteiger partial charge in [-0.1, -0.05) is 75.8 Å². The first kappa shape index (κ1) is 18.5. The molecule has 0 saturated carbocycles. The van der Waals surface area contributed by atoms with Crippen LogP contribution in [0.1, 0.15) is 57.4 Å². The molecule has 0 aliphatic carbocycles. The Morgan fingerprint density at radius 1 is 1.14 bits per heavy atom. The highest BCUT2D eigenvalue weighted by atomic mass is 16.5. The summed E-state index contributed by atoms with van der Waals surface area (Å²) in [4.78, 5) is 11.7. The standard InChI is InChI=1S/C18H29NO3/c1-2-3-4-5-6-10-13-17(14-20)19-18(21)22-15-16-11-8-7-9-12-16/h7-9,11-12,17,20H,2-6,10,13-15H2,1H3,(H,19,21)/t17-/m0/s1. The first-order valence-electron chi connectivity index (χ1n) is 8.34. The largest absolute Gasteiger partial charge is 0.445 e. The molecule has 4 nitrogen and oxygen atoms in total. The smallest absolute Gasteiger partial charge is 0.407 e.